The van der Waals surface area contributed by atoms with E-state index < -0.39 is 0 Å². The van der Waals surface area contributed by atoms with E-state index in [-0.39, 0.29) is 0 Å². The maximum Gasteiger partial charge on any atom is 0.0113 e. The number of nitrogens with zero attached hydrogens (tertiary/aromatic N) is 2. The Labute approximate surface area is 121 Å². The van der Waals surface area contributed by atoms with Crippen molar-refractivity contribution in [3.05, 3.63) is 22.4 Å². The predicted octanol–water partition coefficient (Wildman–Crippen LogP) is 1.91. The van der Waals surface area contributed by atoms with Gasteiger partial charge in [0, 0.05) is 45.3 Å². The molecule has 1 N–H and O–H groups in total. The molecule has 0 atom stereocenters. The Morgan fingerprint density at radius 3 is 2.63 bits per heavy atom. The predicted molar refractivity (Wildman–Crippen MR) is 84.0 cm³/mol. The molecule has 4 heteroatoms. The van der Waals surface area contributed by atoms with Gasteiger partial charge >= 0.3 is 0 Å². The standard InChI is InChI=1S/C15H27N3S/c1-14(2)18-10-8-17(9-11-18)7-6-16-5-3-15-4-12-19-13-15/h4,12-14,16H,3,5-11H2,1-2H3. The van der Waals surface area contributed by atoms with Gasteiger partial charge in [-0.2, -0.15) is 11.3 Å². The van der Waals surface area contributed by atoms with Gasteiger partial charge in [0.1, 0.15) is 0 Å². The molecule has 0 radical (unpaired) electrons. The summed E-state index contributed by atoms with van der Waals surface area (Å²) in [5.41, 5.74) is 1.46. The van der Waals surface area contributed by atoms with Gasteiger partial charge in [0.15, 0.2) is 0 Å². The van der Waals surface area contributed by atoms with Crippen LogP contribution < -0.4 is 5.32 Å². The van der Waals surface area contributed by atoms with Crippen molar-refractivity contribution >= 4 is 11.3 Å². The molecule has 1 aromatic heterocycles. The highest BCUT2D eigenvalue weighted by molar-refractivity contribution is 7.07. The first-order valence-electron chi connectivity index (χ1n) is 7.44. The Balaban J connectivity index is 1.50. The quantitative estimate of drug-likeness (QED) is 0.770. The Bertz CT molecular complexity index is 329. The summed E-state index contributed by atoms with van der Waals surface area (Å²) in [6.45, 7) is 12.9. The molecule has 0 aliphatic carbocycles. The fourth-order valence-corrected chi connectivity index (χ4v) is 3.24. The molecule has 1 fully saturated rings. The van der Waals surface area contributed by atoms with E-state index in [0.29, 0.717) is 6.04 Å². The molecule has 0 bridgehead atoms. The lowest BCUT2D eigenvalue weighted by molar-refractivity contribution is 0.109. The van der Waals surface area contributed by atoms with Crippen LogP contribution in [0.3, 0.4) is 0 Å². The SMILES string of the molecule is CC(C)N1CCN(CCNCCc2ccsc2)CC1. The van der Waals surface area contributed by atoms with E-state index in [0.717, 1.165) is 19.5 Å². The molecule has 1 aromatic rings. The Morgan fingerprint density at radius 1 is 1.21 bits per heavy atom. The molecule has 0 aromatic carbocycles. The van der Waals surface area contributed by atoms with E-state index >= 15 is 0 Å². The summed E-state index contributed by atoms with van der Waals surface area (Å²) >= 11 is 1.79. The fourth-order valence-electron chi connectivity index (χ4n) is 2.53. The molecule has 0 unspecified atom stereocenters. The average Bonchev–Trinajstić information content (AvgIpc) is 2.92. The molecule has 1 aliphatic rings. The van der Waals surface area contributed by atoms with Crippen LogP contribution in [0.2, 0.25) is 0 Å². The minimum absolute atomic E-state index is 0.700. The zero-order valence-corrected chi connectivity index (χ0v) is 13.1. The molecular weight excluding hydrogens is 254 g/mol. The summed E-state index contributed by atoms with van der Waals surface area (Å²) < 4.78 is 0. The van der Waals surface area contributed by atoms with Crippen molar-refractivity contribution in [1.29, 1.82) is 0 Å². The fraction of sp³-hybridized carbons (Fsp3) is 0.733. The third kappa shape index (κ3) is 5.22. The lowest BCUT2D eigenvalue weighted by Crippen LogP contribution is -2.50. The molecule has 2 heterocycles. The van der Waals surface area contributed by atoms with Crippen LogP contribution in [0.25, 0.3) is 0 Å². The van der Waals surface area contributed by atoms with E-state index in [1.807, 2.05) is 0 Å². The van der Waals surface area contributed by atoms with Crippen LogP contribution in [0.5, 0.6) is 0 Å². The van der Waals surface area contributed by atoms with Crippen LogP contribution in [-0.4, -0.2) is 61.7 Å². The zero-order valence-electron chi connectivity index (χ0n) is 12.3. The molecule has 1 aliphatic heterocycles. The minimum Gasteiger partial charge on any atom is -0.315 e. The van der Waals surface area contributed by atoms with Gasteiger partial charge in [-0.1, -0.05) is 0 Å². The number of hydrogen-bond donors (Lipinski definition) is 1. The minimum atomic E-state index is 0.700. The van der Waals surface area contributed by atoms with Crippen LogP contribution in [0.1, 0.15) is 19.4 Å². The summed E-state index contributed by atoms with van der Waals surface area (Å²) in [6.07, 6.45) is 1.16. The third-order valence-corrected chi connectivity index (χ3v) is 4.64. The first-order valence-corrected chi connectivity index (χ1v) is 8.38. The lowest BCUT2D eigenvalue weighted by atomic mass is 10.2. The summed E-state index contributed by atoms with van der Waals surface area (Å²) in [4.78, 5) is 5.15. The second kappa shape index (κ2) is 8.00. The van der Waals surface area contributed by atoms with E-state index in [4.69, 9.17) is 0 Å². The first kappa shape index (κ1) is 15.0. The van der Waals surface area contributed by atoms with Gasteiger partial charge in [0.05, 0.1) is 0 Å². The smallest absolute Gasteiger partial charge is 0.0113 e. The van der Waals surface area contributed by atoms with Crippen molar-refractivity contribution in [1.82, 2.24) is 15.1 Å². The Hall–Kier alpha value is -0.420. The van der Waals surface area contributed by atoms with Gasteiger partial charge in [0.2, 0.25) is 0 Å². The number of rotatable bonds is 7. The van der Waals surface area contributed by atoms with E-state index in [1.54, 1.807) is 11.3 Å². The Morgan fingerprint density at radius 2 is 2.00 bits per heavy atom. The number of thiophene rings is 1. The number of nitrogens with one attached hydrogen (secondary N) is 1. The molecule has 2 rings (SSSR count). The first-order chi connectivity index (χ1) is 9.25. The van der Waals surface area contributed by atoms with Crippen LogP contribution in [-0.2, 0) is 6.42 Å². The summed E-state index contributed by atoms with van der Waals surface area (Å²) in [6, 6.07) is 2.92. The molecule has 0 amide bonds. The second-order valence-electron chi connectivity index (χ2n) is 5.60. The van der Waals surface area contributed by atoms with Gasteiger partial charge in [-0.05, 0) is 49.2 Å². The molecule has 3 nitrogen and oxygen atoms in total. The van der Waals surface area contributed by atoms with Gasteiger partial charge in [-0.15, -0.1) is 0 Å². The van der Waals surface area contributed by atoms with Gasteiger partial charge < -0.3 is 5.32 Å². The van der Waals surface area contributed by atoms with Gasteiger partial charge in [-0.3, -0.25) is 9.80 Å². The molecule has 0 saturated carbocycles. The highest BCUT2D eigenvalue weighted by Gasteiger charge is 2.17. The zero-order chi connectivity index (χ0) is 13.5. The van der Waals surface area contributed by atoms with Crippen molar-refractivity contribution in [3.8, 4) is 0 Å². The lowest BCUT2D eigenvalue weighted by Gasteiger charge is -2.36. The number of piperazine rings is 1. The average molecular weight is 281 g/mol. The van der Waals surface area contributed by atoms with Crippen molar-refractivity contribution in [2.24, 2.45) is 0 Å². The van der Waals surface area contributed by atoms with Crippen molar-refractivity contribution < 1.29 is 0 Å². The molecular formula is C15H27N3S. The molecule has 108 valence electrons. The van der Waals surface area contributed by atoms with Crippen molar-refractivity contribution in [2.45, 2.75) is 26.3 Å². The molecule has 19 heavy (non-hydrogen) atoms. The topological polar surface area (TPSA) is 18.5 Å². The van der Waals surface area contributed by atoms with Crippen LogP contribution >= 0.6 is 11.3 Å². The van der Waals surface area contributed by atoms with Crippen LogP contribution in [0, 0.1) is 0 Å². The maximum absolute atomic E-state index is 3.55. The highest BCUT2D eigenvalue weighted by atomic mass is 32.1. The largest absolute Gasteiger partial charge is 0.315 e. The summed E-state index contributed by atoms with van der Waals surface area (Å²) in [5.74, 6) is 0. The third-order valence-electron chi connectivity index (χ3n) is 3.91. The summed E-state index contributed by atoms with van der Waals surface area (Å²) in [5, 5.41) is 7.95. The normalized spacial score (nSPS) is 18.3. The second-order valence-corrected chi connectivity index (χ2v) is 6.38. The molecule has 1 saturated heterocycles. The highest BCUT2D eigenvalue weighted by Crippen LogP contribution is 2.06. The number of hydrogen-bond acceptors (Lipinski definition) is 4. The van der Waals surface area contributed by atoms with E-state index in [2.05, 4.69) is 45.8 Å². The monoisotopic (exact) mass is 281 g/mol. The molecule has 0 spiro atoms. The van der Waals surface area contributed by atoms with E-state index in [9.17, 15) is 0 Å². The van der Waals surface area contributed by atoms with Crippen LogP contribution in [0.4, 0.5) is 0 Å². The maximum atomic E-state index is 3.55. The van der Waals surface area contributed by atoms with Crippen molar-refractivity contribution in [3.63, 3.8) is 0 Å². The van der Waals surface area contributed by atoms with Crippen molar-refractivity contribution in [2.75, 3.05) is 45.8 Å². The van der Waals surface area contributed by atoms with E-state index in [1.165, 1.54) is 38.3 Å². The summed E-state index contributed by atoms with van der Waals surface area (Å²) in [7, 11) is 0. The Kier molecular flexibility index (Phi) is 6.31. The van der Waals surface area contributed by atoms with Gasteiger partial charge in [-0.25, -0.2) is 0 Å². The van der Waals surface area contributed by atoms with Gasteiger partial charge in [0.25, 0.3) is 0 Å². The van der Waals surface area contributed by atoms with Crippen LogP contribution in [0.15, 0.2) is 16.8 Å².